The number of nitrogens with one attached hydrogen (secondary N) is 1. The van der Waals surface area contributed by atoms with Gasteiger partial charge in [-0.05, 0) is 38.6 Å². The smallest absolute Gasteiger partial charge is 0.227 e. The first-order valence-corrected chi connectivity index (χ1v) is 5.89. The molecule has 1 amide bonds. The number of carbonyl (C=O) groups is 1. The summed E-state index contributed by atoms with van der Waals surface area (Å²) in [5.74, 6) is 0.733. The molecule has 3 fully saturated rings. The van der Waals surface area contributed by atoms with Crippen molar-refractivity contribution in [2.75, 3.05) is 13.1 Å². The fourth-order valence-corrected chi connectivity index (χ4v) is 3.35. The molecule has 1 atom stereocenters. The minimum atomic E-state index is 0.288. The van der Waals surface area contributed by atoms with Gasteiger partial charge in [-0.1, -0.05) is 0 Å². The van der Waals surface area contributed by atoms with E-state index in [2.05, 4.69) is 10.2 Å². The largest absolute Gasteiger partial charge is 0.336 e. The summed E-state index contributed by atoms with van der Waals surface area (Å²) in [6.07, 6.45) is 6.09. The van der Waals surface area contributed by atoms with Crippen LogP contribution < -0.4 is 5.32 Å². The Balaban J connectivity index is 1.72. The van der Waals surface area contributed by atoms with Gasteiger partial charge in [-0.3, -0.25) is 4.79 Å². The third-order valence-corrected chi connectivity index (χ3v) is 4.12. The highest BCUT2D eigenvalue weighted by Gasteiger charge is 2.44. The highest BCUT2D eigenvalue weighted by Crippen LogP contribution is 2.38. The van der Waals surface area contributed by atoms with E-state index in [-0.39, 0.29) is 5.92 Å². The maximum atomic E-state index is 12.2. The van der Waals surface area contributed by atoms with Crippen molar-refractivity contribution in [3.8, 4) is 0 Å². The summed E-state index contributed by atoms with van der Waals surface area (Å²) in [6.45, 7) is 1.94. The Morgan fingerprint density at radius 3 is 2.21 bits per heavy atom. The summed E-state index contributed by atoms with van der Waals surface area (Å²) in [5.41, 5.74) is 0. The second kappa shape index (κ2) is 3.23. The SMILES string of the molecule is O=C(C1CCNC1)N1C2CCC1CC2. The second-order valence-electron chi connectivity index (χ2n) is 4.90. The lowest BCUT2D eigenvalue weighted by atomic mass is 10.0. The predicted molar refractivity (Wildman–Crippen MR) is 53.9 cm³/mol. The Morgan fingerprint density at radius 1 is 1.07 bits per heavy atom. The molecule has 3 saturated heterocycles. The molecular weight excluding hydrogens is 176 g/mol. The maximum absolute atomic E-state index is 12.2. The minimum absolute atomic E-state index is 0.288. The molecule has 0 aromatic carbocycles. The van der Waals surface area contributed by atoms with Crippen molar-refractivity contribution in [3.05, 3.63) is 0 Å². The molecule has 1 N–H and O–H groups in total. The van der Waals surface area contributed by atoms with Crippen LogP contribution in [-0.4, -0.2) is 36.0 Å². The van der Waals surface area contributed by atoms with Crippen LogP contribution in [0, 0.1) is 5.92 Å². The lowest BCUT2D eigenvalue weighted by molar-refractivity contribution is -0.136. The number of amides is 1. The van der Waals surface area contributed by atoms with E-state index in [9.17, 15) is 4.79 Å². The van der Waals surface area contributed by atoms with Crippen LogP contribution in [0.15, 0.2) is 0 Å². The maximum Gasteiger partial charge on any atom is 0.227 e. The molecule has 0 aromatic rings. The Morgan fingerprint density at radius 2 is 1.71 bits per heavy atom. The van der Waals surface area contributed by atoms with Crippen molar-refractivity contribution in [2.45, 2.75) is 44.2 Å². The van der Waals surface area contributed by atoms with Crippen LogP contribution in [0.5, 0.6) is 0 Å². The van der Waals surface area contributed by atoms with E-state index in [1.807, 2.05) is 0 Å². The van der Waals surface area contributed by atoms with E-state index in [1.165, 1.54) is 25.7 Å². The van der Waals surface area contributed by atoms with Crippen LogP contribution in [0.25, 0.3) is 0 Å². The molecule has 3 heterocycles. The predicted octanol–water partition coefficient (Wildman–Crippen LogP) is 0.749. The molecule has 14 heavy (non-hydrogen) atoms. The quantitative estimate of drug-likeness (QED) is 0.668. The number of carbonyl (C=O) groups excluding carboxylic acids is 1. The van der Waals surface area contributed by atoms with Crippen molar-refractivity contribution in [1.82, 2.24) is 10.2 Å². The molecule has 0 aliphatic carbocycles. The minimum Gasteiger partial charge on any atom is -0.336 e. The first kappa shape index (κ1) is 8.72. The van der Waals surface area contributed by atoms with Crippen LogP contribution in [0.3, 0.4) is 0 Å². The average molecular weight is 194 g/mol. The van der Waals surface area contributed by atoms with Gasteiger partial charge in [0.15, 0.2) is 0 Å². The van der Waals surface area contributed by atoms with E-state index >= 15 is 0 Å². The summed E-state index contributed by atoms with van der Waals surface area (Å²) < 4.78 is 0. The van der Waals surface area contributed by atoms with Crippen molar-refractivity contribution in [2.24, 2.45) is 5.92 Å². The number of hydrogen-bond donors (Lipinski definition) is 1. The molecule has 3 aliphatic heterocycles. The number of fused-ring (bicyclic) bond motifs is 2. The summed E-state index contributed by atoms with van der Waals surface area (Å²) in [4.78, 5) is 14.4. The van der Waals surface area contributed by atoms with Crippen LogP contribution in [0.1, 0.15) is 32.1 Å². The Labute approximate surface area is 84.8 Å². The van der Waals surface area contributed by atoms with Crippen molar-refractivity contribution < 1.29 is 4.79 Å². The number of hydrogen-bond acceptors (Lipinski definition) is 2. The van der Waals surface area contributed by atoms with Gasteiger partial charge in [0.05, 0.1) is 5.92 Å². The van der Waals surface area contributed by atoms with E-state index < -0.39 is 0 Å². The zero-order valence-electron chi connectivity index (χ0n) is 8.54. The second-order valence-corrected chi connectivity index (χ2v) is 4.90. The normalized spacial score (nSPS) is 40.9. The molecule has 0 aromatic heterocycles. The molecule has 3 rings (SSSR count). The first-order valence-electron chi connectivity index (χ1n) is 5.89. The van der Waals surface area contributed by atoms with Gasteiger partial charge in [0.1, 0.15) is 0 Å². The number of rotatable bonds is 1. The monoisotopic (exact) mass is 194 g/mol. The molecule has 78 valence electrons. The molecule has 3 nitrogen and oxygen atoms in total. The molecule has 0 spiro atoms. The molecule has 0 radical (unpaired) electrons. The average Bonchev–Trinajstić information content (AvgIpc) is 2.94. The fraction of sp³-hybridized carbons (Fsp3) is 0.909. The third-order valence-electron chi connectivity index (χ3n) is 4.12. The van der Waals surface area contributed by atoms with E-state index in [4.69, 9.17) is 0 Å². The van der Waals surface area contributed by atoms with E-state index in [0.29, 0.717) is 18.0 Å². The molecule has 1 unspecified atom stereocenters. The summed E-state index contributed by atoms with van der Waals surface area (Å²) >= 11 is 0. The highest BCUT2D eigenvalue weighted by molar-refractivity contribution is 5.80. The number of nitrogens with zero attached hydrogens (tertiary/aromatic N) is 1. The third kappa shape index (κ3) is 1.18. The summed E-state index contributed by atoms with van der Waals surface area (Å²) in [7, 11) is 0. The Kier molecular flexibility index (Phi) is 2.01. The molecule has 0 saturated carbocycles. The van der Waals surface area contributed by atoms with Gasteiger partial charge in [0.25, 0.3) is 0 Å². The first-order chi connectivity index (χ1) is 6.86. The van der Waals surface area contributed by atoms with Crippen LogP contribution in [-0.2, 0) is 4.79 Å². The molecular formula is C11H18N2O. The molecule has 3 heteroatoms. The zero-order valence-corrected chi connectivity index (χ0v) is 8.54. The van der Waals surface area contributed by atoms with Gasteiger partial charge in [-0.15, -0.1) is 0 Å². The topological polar surface area (TPSA) is 32.3 Å². The Hall–Kier alpha value is -0.570. The summed E-state index contributed by atoms with van der Waals surface area (Å²) in [6, 6.07) is 1.21. The van der Waals surface area contributed by atoms with Crippen molar-refractivity contribution in [1.29, 1.82) is 0 Å². The van der Waals surface area contributed by atoms with Gasteiger partial charge >= 0.3 is 0 Å². The van der Waals surface area contributed by atoms with Crippen LogP contribution in [0.2, 0.25) is 0 Å². The highest BCUT2D eigenvalue weighted by atomic mass is 16.2. The van der Waals surface area contributed by atoms with E-state index in [0.717, 1.165) is 19.5 Å². The van der Waals surface area contributed by atoms with Gasteiger partial charge in [0, 0.05) is 18.6 Å². The van der Waals surface area contributed by atoms with Crippen LogP contribution >= 0.6 is 0 Å². The van der Waals surface area contributed by atoms with Gasteiger partial charge < -0.3 is 10.2 Å². The van der Waals surface area contributed by atoms with Gasteiger partial charge in [-0.25, -0.2) is 0 Å². The standard InChI is InChI=1S/C11H18N2O/c14-11(8-5-6-12-7-8)13-9-1-2-10(13)4-3-9/h8-10,12H,1-7H2. The lowest BCUT2D eigenvalue weighted by Crippen LogP contribution is -2.40. The van der Waals surface area contributed by atoms with Gasteiger partial charge in [-0.2, -0.15) is 0 Å². The fourth-order valence-electron chi connectivity index (χ4n) is 3.35. The lowest BCUT2D eigenvalue weighted by Gasteiger charge is -2.25. The zero-order chi connectivity index (χ0) is 9.54. The summed E-state index contributed by atoms with van der Waals surface area (Å²) in [5, 5.41) is 3.28. The Bertz CT molecular complexity index is 228. The van der Waals surface area contributed by atoms with E-state index in [1.54, 1.807) is 0 Å². The molecule has 3 aliphatic rings. The van der Waals surface area contributed by atoms with Crippen molar-refractivity contribution in [3.63, 3.8) is 0 Å². The van der Waals surface area contributed by atoms with Crippen molar-refractivity contribution >= 4 is 5.91 Å². The van der Waals surface area contributed by atoms with Gasteiger partial charge in [0.2, 0.25) is 5.91 Å². The van der Waals surface area contributed by atoms with Crippen LogP contribution in [0.4, 0.5) is 0 Å². The molecule has 2 bridgehead atoms.